The van der Waals surface area contributed by atoms with Gasteiger partial charge >= 0.3 is 5.82 Å². The third-order valence-electron chi connectivity index (χ3n) is 8.73. The highest BCUT2D eigenvalue weighted by Crippen LogP contribution is 2.42. The van der Waals surface area contributed by atoms with Crippen molar-refractivity contribution in [2.45, 2.75) is 13.8 Å². The molecular formula is C34H27N12O2+. The fourth-order valence-electron chi connectivity index (χ4n) is 6.48. The zero-order chi connectivity index (χ0) is 33.4. The fraction of sp³-hybridized carbons (Fsp3) is 0.0588. The highest BCUT2D eigenvalue weighted by molar-refractivity contribution is 6.15. The number of carbonyl (C=O) groups excluding carboxylic acids is 2. The highest BCUT2D eigenvalue weighted by atomic mass is 16.1. The molecular weight excluding hydrogens is 608 g/mol. The lowest BCUT2D eigenvalue weighted by molar-refractivity contribution is -0.656. The van der Waals surface area contributed by atoms with Crippen molar-refractivity contribution in [2.75, 3.05) is 11.5 Å². The summed E-state index contributed by atoms with van der Waals surface area (Å²) in [6.07, 6.45) is 8.30. The quantitative estimate of drug-likeness (QED) is 0.120. The van der Waals surface area contributed by atoms with Crippen LogP contribution < -0.4 is 27.6 Å². The molecule has 2 amide bonds. The van der Waals surface area contributed by atoms with Crippen LogP contribution in [0.15, 0.2) is 67.4 Å². The molecule has 0 radical (unpaired) electrons. The molecule has 14 nitrogen and oxygen atoms in total. The van der Waals surface area contributed by atoms with E-state index >= 15 is 0 Å². The molecule has 0 unspecified atom stereocenters. The van der Waals surface area contributed by atoms with Crippen LogP contribution in [0.2, 0.25) is 0 Å². The summed E-state index contributed by atoms with van der Waals surface area (Å²) in [5.41, 5.74) is 33.3. The summed E-state index contributed by atoms with van der Waals surface area (Å²) in [6.45, 7) is 3.90. The summed E-state index contributed by atoms with van der Waals surface area (Å²) in [5, 5.41) is 12.1. The number of rotatable bonds is 5. The third kappa shape index (κ3) is 4.12. The summed E-state index contributed by atoms with van der Waals surface area (Å²) in [7, 11) is 0. The van der Waals surface area contributed by atoms with Gasteiger partial charge in [0.05, 0.1) is 56.2 Å². The summed E-state index contributed by atoms with van der Waals surface area (Å²) >= 11 is 0. The molecule has 0 aliphatic carbocycles. The minimum atomic E-state index is -0.690. The average molecular weight is 636 g/mol. The topological polar surface area (TPSA) is 238 Å². The van der Waals surface area contributed by atoms with Crippen LogP contribution in [0.5, 0.6) is 0 Å². The molecule has 8 aromatic rings. The first-order valence-corrected chi connectivity index (χ1v) is 14.8. The van der Waals surface area contributed by atoms with Crippen molar-refractivity contribution in [1.82, 2.24) is 35.2 Å². The van der Waals surface area contributed by atoms with Gasteiger partial charge in [-0.3, -0.25) is 24.7 Å². The van der Waals surface area contributed by atoms with Crippen molar-refractivity contribution in [3.63, 3.8) is 0 Å². The molecule has 0 saturated carbocycles. The normalized spacial score (nSPS) is 11.6. The number of nitrogens with two attached hydrogens (primary N) is 4. The molecule has 0 fully saturated rings. The molecule has 8 rings (SSSR count). The van der Waals surface area contributed by atoms with Gasteiger partial charge < -0.3 is 22.9 Å². The SMILES string of the molecule is Cc1ccc2[nH]ncc2c1-c1c(N)c(C(N)=O)cc2nc(-[n+]3cc4c(-c5c(N)c(C(N)=O)cc6nccnc56)c(C)ccc4[nH]3)cnc12. The predicted molar refractivity (Wildman–Crippen MR) is 182 cm³/mol. The Morgan fingerprint density at radius 3 is 2.00 bits per heavy atom. The van der Waals surface area contributed by atoms with Gasteiger partial charge in [-0.05, 0) is 53.7 Å². The molecule has 48 heavy (non-hydrogen) atoms. The Hall–Kier alpha value is -6.96. The molecule has 0 atom stereocenters. The minimum Gasteiger partial charge on any atom is -0.398 e. The van der Waals surface area contributed by atoms with E-state index in [0.717, 1.165) is 44.1 Å². The first-order valence-electron chi connectivity index (χ1n) is 14.8. The number of benzene rings is 4. The van der Waals surface area contributed by atoms with Crippen molar-refractivity contribution >= 4 is 67.1 Å². The van der Waals surface area contributed by atoms with Gasteiger partial charge in [-0.15, -0.1) is 4.68 Å². The maximum absolute atomic E-state index is 12.6. The van der Waals surface area contributed by atoms with E-state index in [1.54, 1.807) is 41.6 Å². The van der Waals surface area contributed by atoms with E-state index in [-0.39, 0.29) is 22.5 Å². The van der Waals surface area contributed by atoms with Crippen LogP contribution in [0.3, 0.4) is 0 Å². The lowest BCUT2D eigenvalue weighted by Gasteiger charge is -2.15. The number of fused-ring (bicyclic) bond motifs is 4. The number of amides is 2. The lowest BCUT2D eigenvalue weighted by Crippen LogP contribution is -2.33. The molecule has 0 saturated heterocycles. The number of hydrogen-bond acceptors (Lipinski definition) is 9. The number of nitrogens with zero attached hydrogens (tertiary/aromatic N) is 6. The summed E-state index contributed by atoms with van der Waals surface area (Å²) in [6, 6.07) is 10.8. The smallest absolute Gasteiger partial charge is 0.365 e. The number of aromatic amines is 2. The van der Waals surface area contributed by atoms with Crippen molar-refractivity contribution < 1.29 is 14.3 Å². The highest BCUT2D eigenvalue weighted by Gasteiger charge is 2.26. The van der Waals surface area contributed by atoms with Crippen molar-refractivity contribution in [3.8, 4) is 28.1 Å². The monoisotopic (exact) mass is 635 g/mol. The molecule has 10 N–H and O–H groups in total. The van der Waals surface area contributed by atoms with E-state index in [2.05, 4.69) is 25.3 Å². The second-order valence-corrected chi connectivity index (χ2v) is 11.6. The molecule has 0 aliphatic rings. The zero-order valence-corrected chi connectivity index (χ0v) is 25.7. The van der Waals surface area contributed by atoms with E-state index in [9.17, 15) is 9.59 Å². The van der Waals surface area contributed by atoms with E-state index < -0.39 is 11.8 Å². The Labute approximate surface area is 270 Å². The first kappa shape index (κ1) is 28.5. The Balaban J connectivity index is 1.37. The van der Waals surface area contributed by atoms with Gasteiger partial charge in [0.1, 0.15) is 17.9 Å². The number of aryl methyl sites for hydroxylation is 2. The third-order valence-corrected chi connectivity index (χ3v) is 8.73. The predicted octanol–water partition coefficient (Wildman–Crippen LogP) is 3.52. The number of anilines is 2. The Morgan fingerprint density at radius 1 is 0.708 bits per heavy atom. The number of nitrogens with one attached hydrogen (secondary N) is 2. The maximum atomic E-state index is 12.6. The van der Waals surface area contributed by atoms with Gasteiger partial charge in [0.2, 0.25) is 5.52 Å². The van der Waals surface area contributed by atoms with E-state index in [1.165, 1.54) is 0 Å². The van der Waals surface area contributed by atoms with Gasteiger partial charge in [-0.1, -0.05) is 12.1 Å². The molecule has 234 valence electrons. The molecule has 0 spiro atoms. The Bertz CT molecular complexity index is 2690. The molecule has 4 heterocycles. The average Bonchev–Trinajstić information content (AvgIpc) is 3.73. The molecule has 0 aliphatic heterocycles. The Kier molecular flexibility index (Phi) is 6.11. The van der Waals surface area contributed by atoms with Gasteiger partial charge in [-0.2, -0.15) is 5.10 Å². The summed E-state index contributed by atoms with van der Waals surface area (Å²) in [4.78, 5) is 43.7. The summed E-state index contributed by atoms with van der Waals surface area (Å²) in [5.74, 6) is -0.934. The molecule has 14 heteroatoms. The number of carbonyl (C=O) groups is 2. The van der Waals surface area contributed by atoms with Gasteiger partial charge in [0.25, 0.3) is 11.8 Å². The molecule has 4 aromatic carbocycles. The molecule has 4 aromatic heterocycles. The lowest BCUT2D eigenvalue weighted by atomic mass is 9.92. The van der Waals surface area contributed by atoms with Crippen LogP contribution in [0.25, 0.3) is 71.9 Å². The minimum absolute atomic E-state index is 0.126. The molecule has 0 bridgehead atoms. The largest absolute Gasteiger partial charge is 0.398 e. The number of aromatic nitrogens is 8. The van der Waals surface area contributed by atoms with Crippen LogP contribution in [0, 0.1) is 13.8 Å². The van der Waals surface area contributed by atoms with Gasteiger partial charge in [0, 0.05) is 40.5 Å². The van der Waals surface area contributed by atoms with Crippen LogP contribution >= 0.6 is 0 Å². The Morgan fingerprint density at radius 2 is 1.31 bits per heavy atom. The van der Waals surface area contributed by atoms with E-state index in [0.29, 0.717) is 39.0 Å². The van der Waals surface area contributed by atoms with Crippen LogP contribution in [-0.4, -0.2) is 47.0 Å². The first-order chi connectivity index (χ1) is 23.1. The van der Waals surface area contributed by atoms with Crippen molar-refractivity contribution in [1.29, 1.82) is 0 Å². The number of H-pyrrole nitrogens is 2. The van der Waals surface area contributed by atoms with Gasteiger partial charge in [0.15, 0.2) is 0 Å². The summed E-state index contributed by atoms with van der Waals surface area (Å²) < 4.78 is 1.71. The van der Waals surface area contributed by atoms with Crippen LogP contribution in [0.4, 0.5) is 11.4 Å². The number of hydrogen-bond donors (Lipinski definition) is 6. The second-order valence-electron chi connectivity index (χ2n) is 11.6. The maximum Gasteiger partial charge on any atom is 0.365 e. The van der Waals surface area contributed by atoms with Crippen molar-refractivity contribution in [3.05, 3.63) is 89.6 Å². The second kappa shape index (κ2) is 10.3. The standard InChI is InChI=1S/C34H26N12O2/c1-14-3-5-20-18(11-42-44-20)25(14)27-30(36)17(34(38)48)10-23-32(27)41-12-24(43-23)46-13-19-21(45-46)6-4-15(2)26(19)28-29(35)16(33(37)47)9-22-31(28)40-8-7-39-22/h3-13H,1-2H3,(H9,35,36,37,38,39,40,41,42,43,44,45,47,48)/p+1. The fourth-order valence-corrected chi connectivity index (χ4v) is 6.48. The number of primary amides is 2. The van der Waals surface area contributed by atoms with Crippen LogP contribution in [-0.2, 0) is 0 Å². The number of nitrogen functional groups attached to an aromatic ring is 2. The van der Waals surface area contributed by atoms with E-state index in [4.69, 9.17) is 32.9 Å². The van der Waals surface area contributed by atoms with Crippen molar-refractivity contribution in [2.24, 2.45) is 11.5 Å². The zero-order valence-electron chi connectivity index (χ0n) is 25.7. The van der Waals surface area contributed by atoms with E-state index in [1.807, 2.05) is 44.3 Å². The van der Waals surface area contributed by atoms with Gasteiger partial charge in [-0.25, -0.2) is 10.1 Å². The van der Waals surface area contributed by atoms with Crippen LogP contribution in [0.1, 0.15) is 31.8 Å².